The van der Waals surface area contributed by atoms with E-state index in [1.165, 1.54) is 19.2 Å². The average Bonchev–Trinajstić information content (AvgIpc) is 3.09. The fraction of sp³-hybridized carbons (Fsp3) is 0.167. The van der Waals surface area contributed by atoms with E-state index in [1.807, 2.05) is 48.5 Å². The molecule has 0 radical (unpaired) electrons. The first-order valence-electron chi connectivity index (χ1n) is 9.39. The highest BCUT2D eigenvalue weighted by Gasteiger charge is 2.35. The standard InChI is InChI=1S/C24H20FNO3/c1-29-24(28)21(14-15-10-12-16(25)13-11-15)26-23(27)22-19-8-4-2-6-17(19)18-7-3-5-9-20(18)22/h2-13,21-22H,14H2,1H3,(H,26,27)/t21-/m1/s1. The van der Waals surface area contributed by atoms with Crippen molar-refractivity contribution in [3.8, 4) is 11.1 Å². The summed E-state index contributed by atoms with van der Waals surface area (Å²) < 4.78 is 18.1. The SMILES string of the molecule is COC(=O)[C@@H](Cc1ccc(F)cc1)NC(=O)C1c2ccccc2-c2ccccc21. The quantitative estimate of drug-likeness (QED) is 0.675. The van der Waals surface area contributed by atoms with Crippen molar-refractivity contribution in [3.63, 3.8) is 0 Å². The molecule has 1 aliphatic rings. The number of hydrogen-bond acceptors (Lipinski definition) is 3. The monoisotopic (exact) mass is 389 g/mol. The van der Waals surface area contributed by atoms with Gasteiger partial charge in [-0.25, -0.2) is 9.18 Å². The molecule has 1 amide bonds. The Balaban J connectivity index is 1.62. The zero-order valence-electron chi connectivity index (χ0n) is 15.9. The number of rotatable bonds is 5. The summed E-state index contributed by atoms with van der Waals surface area (Å²) in [6.45, 7) is 0. The van der Waals surface area contributed by atoms with Crippen LogP contribution in [0.5, 0.6) is 0 Å². The lowest BCUT2D eigenvalue weighted by Crippen LogP contribution is -2.45. The summed E-state index contributed by atoms with van der Waals surface area (Å²) in [6.07, 6.45) is 0.217. The minimum Gasteiger partial charge on any atom is -0.467 e. The van der Waals surface area contributed by atoms with Gasteiger partial charge in [-0.05, 0) is 39.9 Å². The molecule has 5 heteroatoms. The smallest absolute Gasteiger partial charge is 0.328 e. The largest absolute Gasteiger partial charge is 0.467 e. The molecule has 4 rings (SSSR count). The predicted octanol–water partition coefficient (Wildman–Crippen LogP) is 3.84. The van der Waals surface area contributed by atoms with Crippen LogP contribution in [0.4, 0.5) is 4.39 Å². The lowest BCUT2D eigenvalue weighted by Gasteiger charge is -2.20. The Morgan fingerprint density at radius 3 is 2.03 bits per heavy atom. The highest BCUT2D eigenvalue weighted by molar-refractivity contribution is 5.97. The van der Waals surface area contributed by atoms with Gasteiger partial charge in [0.25, 0.3) is 0 Å². The Labute approximate surface area is 168 Å². The number of ether oxygens (including phenoxy) is 1. The van der Waals surface area contributed by atoms with E-state index in [1.54, 1.807) is 12.1 Å². The number of esters is 1. The van der Waals surface area contributed by atoms with Gasteiger partial charge in [0.05, 0.1) is 13.0 Å². The zero-order valence-corrected chi connectivity index (χ0v) is 15.9. The molecule has 1 atom stereocenters. The molecule has 146 valence electrons. The topological polar surface area (TPSA) is 55.4 Å². The molecule has 0 unspecified atom stereocenters. The van der Waals surface area contributed by atoms with Crippen molar-refractivity contribution in [1.29, 1.82) is 0 Å². The number of carbonyl (C=O) groups excluding carboxylic acids is 2. The fourth-order valence-electron chi connectivity index (χ4n) is 3.88. The summed E-state index contributed by atoms with van der Waals surface area (Å²) in [6, 6.07) is 20.6. The highest BCUT2D eigenvalue weighted by Crippen LogP contribution is 2.44. The zero-order chi connectivity index (χ0) is 20.4. The van der Waals surface area contributed by atoms with Crippen LogP contribution in [0, 0.1) is 5.82 Å². The lowest BCUT2D eigenvalue weighted by atomic mass is 9.95. The number of amides is 1. The number of fused-ring (bicyclic) bond motifs is 3. The highest BCUT2D eigenvalue weighted by atomic mass is 19.1. The van der Waals surface area contributed by atoms with Crippen molar-refractivity contribution in [2.24, 2.45) is 0 Å². The van der Waals surface area contributed by atoms with Crippen LogP contribution in [-0.4, -0.2) is 25.0 Å². The number of nitrogens with one attached hydrogen (secondary N) is 1. The summed E-state index contributed by atoms with van der Waals surface area (Å²) in [4.78, 5) is 25.6. The second kappa shape index (κ2) is 7.87. The Kier molecular flexibility index (Phi) is 5.12. The van der Waals surface area contributed by atoms with Gasteiger partial charge < -0.3 is 10.1 Å². The predicted molar refractivity (Wildman–Crippen MR) is 108 cm³/mol. The van der Waals surface area contributed by atoms with E-state index in [0.717, 1.165) is 27.8 Å². The maximum atomic E-state index is 13.3. The van der Waals surface area contributed by atoms with Crippen LogP contribution in [0.25, 0.3) is 11.1 Å². The van der Waals surface area contributed by atoms with E-state index in [4.69, 9.17) is 4.74 Å². The first-order valence-corrected chi connectivity index (χ1v) is 9.39. The molecular formula is C24H20FNO3. The van der Waals surface area contributed by atoms with Crippen molar-refractivity contribution in [1.82, 2.24) is 5.32 Å². The van der Waals surface area contributed by atoms with Crippen molar-refractivity contribution >= 4 is 11.9 Å². The number of carbonyl (C=O) groups is 2. The maximum Gasteiger partial charge on any atom is 0.328 e. The van der Waals surface area contributed by atoms with Gasteiger partial charge in [-0.3, -0.25) is 4.79 Å². The van der Waals surface area contributed by atoms with Crippen LogP contribution in [-0.2, 0) is 20.7 Å². The number of methoxy groups -OCH3 is 1. The van der Waals surface area contributed by atoms with Crippen LogP contribution in [0.3, 0.4) is 0 Å². The summed E-state index contributed by atoms with van der Waals surface area (Å²) in [5.41, 5.74) is 4.61. The van der Waals surface area contributed by atoms with Crippen molar-refractivity contribution < 1.29 is 18.7 Å². The number of hydrogen-bond donors (Lipinski definition) is 1. The lowest BCUT2D eigenvalue weighted by molar-refractivity contribution is -0.145. The first-order chi connectivity index (χ1) is 14.1. The average molecular weight is 389 g/mol. The summed E-state index contributed by atoms with van der Waals surface area (Å²) in [5, 5.41) is 2.85. The van der Waals surface area contributed by atoms with E-state index in [2.05, 4.69) is 5.32 Å². The Bertz CT molecular complexity index is 1020. The van der Waals surface area contributed by atoms with Crippen molar-refractivity contribution in [3.05, 3.63) is 95.3 Å². The van der Waals surface area contributed by atoms with E-state index in [-0.39, 0.29) is 18.1 Å². The van der Waals surface area contributed by atoms with Crippen LogP contribution < -0.4 is 5.32 Å². The number of benzene rings is 3. The third kappa shape index (κ3) is 3.63. The van der Waals surface area contributed by atoms with Gasteiger partial charge in [0.1, 0.15) is 11.9 Å². The molecule has 0 fully saturated rings. The fourth-order valence-corrected chi connectivity index (χ4v) is 3.88. The van der Waals surface area contributed by atoms with Crippen molar-refractivity contribution in [2.75, 3.05) is 7.11 Å². The van der Waals surface area contributed by atoms with Crippen LogP contribution >= 0.6 is 0 Å². The Morgan fingerprint density at radius 2 is 1.48 bits per heavy atom. The van der Waals surface area contributed by atoms with Crippen LogP contribution in [0.15, 0.2) is 72.8 Å². The van der Waals surface area contributed by atoms with E-state index < -0.39 is 17.9 Å². The second-order valence-electron chi connectivity index (χ2n) is 7.02. The molecule has 0 aromatic heterocycles. The molecule has 0 aliphatic heterocycles. The third-order valence-electron chi connectivity index (χ3n) is 5.25. The molecule has 0 heterocycles. The molecule has 1 N–H and O–H groups in total. The van der Waals surface area contributed by atoms with Gasteiger partial charge in [-0.1, -0.05) is 60.7 Å². The molecule has 0 saturated heterocycles. The molecule has 3 aromatic rings. The maximum absolute atomic E-state index is 13.3. The minimum atomic E-state index is -0.863. The Morgan fingerprint density at radius 1 is 0.931 bits per heavy atom. The molecule has 3 aromatic carbocycles. The first kappa shape index (κ1) is 18.9. The van der Waals surface area contributed by atoms with Gasteiger partial charge in [-0.2, -0.15) is 0 Å². The van der Waals surface area contributed by atoms with E-state index in [9.17, 15) is 14.0 Å². The van der Waals surface area contributed by atoms with E-state index in [0.29, 0.717) is 0 Å². The number of halogens is 1. The van der Waals surface area contributed by atoms with Gasteiger partial charge in [0, 0.05) is 6.42 Å². The summed E-state index contributed by atoms with van der Waals surface area (Å²) in [5.74, 6) is -1.66. The van der Waals surface area contributed by atoms with Crippen LogP contribution in [0.1, 0.15) is 22.6 Å². The molecule has 4 nitrogen and oxygen atoms in total. The molecule has 0 saturated carbocycles. The molecular weight excluding hydrogens is 369 g/mol. The Hall–Kier alpha value is -3.47. The second-order valence-corrected chi connectivity index (χ2v) is 7.02. The van der Waals surface area contributed by atoms with Gasteiger partial charge >= 0.3 is 5.97 Å². The van der Waals surface area contributed by atoms with Crippen LogP contribution in [0.2, 0.25) is 0 Å². The molecule has 29 heavy (non-hydrogen) atoms. The van der Waals surface area contributed by atoms with Crippen molar-refractivity contribution in [2.45, 2.75) is 18.4 Å². The third-order valence-corrected chi connectivity index (χ3v) is 5.25. The minimum absolute atomic E-state index is 0.217. The van der Waals surface area contributed by atoms with Gasteiger partial charge in [-0.15, -0.1) is 0 Å². The van der Waals surface area contributed by atoms with E-state index >= 15 is 0 Å². The molecule has 1 aliphatic carbocycles. The normalized spacial score (nSPS) is 13.3. The summed E-state index contributed by atoms with van der Waals surface area (Å²) in [7, 11) is 1.28. The summed E-state index contributed by atoms with van der Waals surface area (Å²) >= 11 is 0. The molecule has 0 bridgehead atoms. The molecule has 0 spiro atoms. The van der Waals surface area contributed by atoms with Gasteiger partial charge in [0.15, 0.2) is 0 Å². The van der Waals surface area contributed by atoms with Gasteiger partial charge in [0.2, 0.25) is 5.91 Å².